The zero-order valence-corrected chi connectivity index (χ0v) is 11.3. The number of amides is 1. The number of rotatable bonds is 2. The zero-order chi connectivity index (χ0) is 13.6. The number of hydrogen-bond donors (Lipinski definition) is 1. The molecule has 0 bridgehead atoms. The van der Waals surface area contributed by atoms with Crippen LogP contribution in [0.5, 0.6) is 0 Å². The molecule has 2 aliphatic carbocycles. The third-order valence-electron chi connectivity index (χ3n) is 4.90. The van der Waals surface area contributed by atoms with Gasteiger partial charge < -0.3 is 9.47 Å². The van der Waals surface area contributed by atoms with Crippen LogP contribution >= 0.6 is 0 Å². The number of nitrogens with zero attached hydrogens (tertiary/aromatic N) is 1. The first-order chi connectivity index (χ1) is 9.14. The van der Waals surface area contributed by atoms with Gasteiger partial charge in [0.2, 0.25) is 0 Å². The molecule has 0 aromatic rings. The molecule has 6 heteroatoms. The molecule has 6 nitrogen and oxygen atoms in total. The molecule has 0 radical (unpaired) electrons. The van der Waals surface area contributed by atoms with Gasteiger partial charge in [0.1, 0.15) is 5.54 Å². The second kappa shape index (κ2) is 4.37. The summed E-state index contributed by atoms with van der Waals surface area (Å²) in [6.07, 6.45) is 3.39. The van der Waals surface area contributed by atoms with Gasteiger partial charge in [0, 0.05) is 5.92 Å². The molecule has 1 aliphatic heterocycles. The summed E-state index contributed by atoms with van der Waals surface area (Å²) in [5, 5.41) is 1.53. The van der Waals surface area contributed by atoms with E-state index in [9.17, 15) is 9.59 Å². The van der Waals surface area contributed by atoms with Crippen LogP contribution in [0, 0.1) is 11.8 Å². The van der Waals surface area contributed by atoms with Crippen LogP contribution in [0.1, 0.15) is 32.6 Å². The fourth-order valence-corrected chi connectivity index (χ4v) is 4.25. The molecule has 3 aliphatic rings. The summed E-state index contributed by atoms with van der Waals surface area (Å²) in [5.74, 6) is 0.430. The van der Waals surface area contributed by atoms with Crippen molar-refractivity contribution in [2.24, 2.45) is 11.8 Å². The molecule has 0 spiro atoms. The average Bonchev–Trinajstić information content (AvgIpc) is 3.05. The number of nitrogens with one attached hydrogen (secondary N) is 1. The van der Waals surface area contributed by atoms with E-state index in [0.29, 0.717) is 12.5 Å². The van der Waals surface area contributed by atoms with Gasteiger partial charge in [0.15, 0.2) is 0 Å². The summed E-state index contributed by atoms with van der Waals surface area (Å²) in [7, 11) is 1.41. The lowest BCUT2D eigenvalue weighted by atomic mass is 9.84. The minimum atomic E-state index is -0.715. The van der Waals surface area contributed by atoms with E-state index in [4.69, 9.17) is 9.47 Å². The molecule has 3 rings (SSSR count). The lowest BCUT2D eigenvalue weighted by molar-refractivity contribution is -0.149. The van der Waals surface area contributed by atoms with Gasteiger partial charge >= 0.3 is 12.1 Å². The van der Waals surface area contributed by atoms with Crippen molar-refractivity contribution in [3.05, 3.63) is 0 Å². The monoisotopic (exact) mass is 268 g/mol. The minimum absolute atomic E-state index is 0.0608. The van der Waals surface area contributed by atoms with Crippen molar-refractivity contribution in [2.75, 3.05) is 13.7 Å². The molecule has 19 heavy (non-hydrogen) atoms. The van der Waals surface area contributed by atoms with E-state index in [1.54, 1.807) is 6.92 Å². The molecule has 2 saturated carbocycles. The number of carbonyl (C=O) groups is 2. The molecule has 106 valence electrons. The average molecular weight is 268 g/mol. The summed E-state index contributed by atoms with van der Waals surface area (Å²) in [4.78, 5) is 24.2. The molecule has 4 atom stereocenters. The maximum atomic E-state index is 12.2. The van der Waals surface area contributed by atoms with Gasteiger partial charge in [-0.25, -0.2) is 20.0 Å². The number of ether oxygens (including phenoxy) is 2. The van der Waals surface area contributed by atoms with Crippen LogP contribution in [0.25, 0.3) is 0 Å². The third kappa shape index (κ3) is 1.59. The van der Waals surface area contributed by atoms with Crippen molar-refractivity contribution in [3.63, 3.8) is 0 Å². The standard InChI is InChI=1S/C13H20N2O4/c1-3-19-12(17)15-9-5-4-8-6-7-13(14-15,10(8)9)11(16)18-2/h8-10,14H,3-7H2,1-2H3/t8-,9-,10+,13+/m1/s1. The smallest absolute Gasteiger partial charge is 0.424 e. The molecule has 1 saturated heterocycles. The predicted molar refractivity (Wildman–Crippen MR) is 66.0 cm³/mol. The molecular formula is C13H20N2O4. The van der Waals surface area contributed by atoms with E-state index in [1.807, 2.05) is 0 Å². The van der Waals surface area contributed by atoms with Crippen LogP contribution < -0.4 is 5.43 Å². The highest BCUT2D eigenvalue weighted by Gasteiger charge is 2.66. The van der Waals surface area contributed by atoms with Crippen molar-refractivity contribution >= 4 is 12.1 Å². The van der Waals surface area contributed by atoms with Gasteiger partial charge in [-0.15, -0.1) is 0 Å². The first-order valence-electron chi connectivity index (χ1n) is 6.96. The number of methoxy groups -OCH3 is 1. The maximum Gasteiger partial charge on any atom is 0.424 e. The van der Waals surface area contributed by atoms with Gasteiger partial charge in [-0.2, -0.15) is 0 Å². The fraction of sp³-hybridized carbons (Fsp3) is 0.846. The quantitative estimate of drug-likeness (QED) is 0.759. The van der Waals surface area contributed by atoms with Crippen LogP contribution in [-0.4, -0.2) is 42.4 Å². The molecule has 1 amide bonds. The van der Waals surface area contributed by atoms with Crippen LogP contribution in [0.3, 0.4) is 0 Å². The van der Waals surface area contributed by atoms with Crippen LogP contribution in [0.4, 0.5) is 4.79 Å². The Morgan fingerprint density at radius 2 is 2.16 bits per heavy atom. The second-order valence-corrected chi connectivity index (χ2v) is 5.61. The minimum Gasteiger partial charge on any atom is -0.468 e. The van der Waals surface area contributed by atoms with E-state index in [0.717, 1.165) is 25.7 Å². The van der Waals surface area contributed by atoms with Gasteiger partial charge in [-0.3, -0.25) is 0 Å². The summed E-state index contributed by atoms with van der Waals surface area (Å²) in [5.41, 5.74) is 2.40. The van der Waals surface area contributed by atoms with E-state index >= 15 is 0 Å². The van der Waals surface area contributed by atoms with Gasteiger partial charge in [-0.05, 0) is 38.5 Å². The van der Waals surface area contributed by atoms with Crippen molar-refractivity contribution in [1.29, 1.82) is 0 Å². The van der Waals surface area contributed by atoms with Crippen molar-refractivity contribution in [1.82, 2.24) is 10.4 Å². The third-order valence-corrected chi connectivity index (χ3v) is 4.90. The largest absolute Gasteiger partial charge is 0.468 e. The summed E-state index contributed by atoms with van der Waals surface area (Å²) in [6.45, 7) is 2.12. The molecule has 0 aromatic carbocycles. The Bertz CT molecular complexity index is 413. The Morgan fingerprint density at radius 3 is 2.84 bits per heavy atom. The molecule has 0 unspecified atom stereocenters. The van der Waals surface area contributed by atoms with Crippen molar-refractivity contribution in [3.8, 4) is 0 Å². The van der Waals surface area contributed by atoms with Crippen molar-refractivity contribution in [2.45, 2.75) is 44.2 Å². The van der Waals surface area contributed by atoms with Crippen LogP contribution in [0.15, 0.2) is 0 Å². The van der Waals surface area contributed by atoms with Gasteiger partial charge in [0.05, 0.1) is 19.8 Å². The zero-order valence-electron chi connectivity index (χ0n) is 11.3. The summed E-state index contributed by atoms with van der Waals surface area (Å²) >= 11 is 0. The van der Waals surface area contributed by atoms with Crippen molar-refractivity contribution < 1.29 is 19.1 Å². The fourth-order valence-electron chi connectivity index (χ4n) is 4.25. The Balaban J connectivity index is 1.90. The number of hydrogen-bond acceptors (Lipinski definition) is 5. The Morgan fingerprint density at radius 1 is 1.37 bits per heavy atom. The molecule has 3 fully saturated rings. The first-order valence-corrected chi connectivity index (χ1v) is 6.96. The topological polar surface area (TPSA) is 67.9 Å². The SMILES string of the molecule is CCOC(=O)N1N[C@@]2(C(=O)OC)CC[C@H]3CC[C@@H]1[C@H]32. The highest BCUT2D eigenvalue weighted by atomic mass is 16.6. The summed E-state index contributed by atoms with van der Waals surface area (Å²) in [6, 6.07) is 0.0608. The van der Waals surface area contributed by atoms with E-state index in [1.165, 1.54) is 12.1 Å². The van der Waals surface area contributed by atoms with Gasteiger partial charge in [0.25, 0.3) is 0 Å². The Kier molecular flexibility index (Phi) is 2.92. The number of hydrazine groups is 1. The van der Waals surface area contributed by atoms with E-state index < -0.39 is 5.54 Å². The number of carbonyl (C=O) groups excluding carboxylic acids is 2. The first kappa shape index (κ1) is 12.7. The van der Waals surface area contributed by atoms with Gasteiger partial charge in [-0.1, -0.05) is 0 Å². The molecule has 1 N–H and O–H groups in total. The molecular weight excluding hydrogens is 248 g/mol. The maximum absolute atomic E-state index is 12.2. The van der Waals surface area contributed by atoms with Crippen LogP contribution in [0.2, 0.25) is 0 Å². The van der Waals surface area contributed by atoms with Crippen LogP contribution in [-0.2, 0) is 14.3 Å². The normalized spacial score (nSPS) is 39.3. The summed E-state index contributed by atoms with van der Waals surface area (Å²) < 4.78 is 10.0. The molecule has 1 heterocycles. The molecule has 0 aromatic heterocycles. The Hall–Kier alpha value is -1.30. The van der Waals surface area contributed by atoms with E-state index in [-0.39, 0.29) is 24.0 Å². The second-order valence-electron chi connectivity index (χ2n) is 5.61. The highest BCUT2D eigenvalue weighted by Crippen LogP contribution is 2.55. The predicted octanol–water partition coefficient (Wildman–Crippen LogP) is 1.06. The van der Waals surface area contributed by atoms with E-state index in [2.05, 4.69) is 5.43 Å². The number of esters is 1. The Labute approximate surface area is 112 Å². The highest BCUT2D eigenvalue weighted by molar-refractivity contribution is 5.84. The lowest BCUT2D eigenvalue weighted by Crippen LogP contribution is -2.54. The lowest BCUT2D eigenvalue weighted by Gasteiger charge is -2.27.